The van der Waals surface area contributed by atoms with Crippen LogP contribution in [0, 0.1) is 31.6 Å². The number of Topliss-reactive ketones (excluding diaryl/α,β-unsaturated/α-hetero) is 1. The lowest BCUT2D eigenvalue weighted by molar-refractivity contribution is -0.145. The summed E-state index contributed by atoms with van der Waals surface area (Å²) < 4.78 is 27.8. The molecule has 52 heavy (non-hydrogen) atoms. The Morgan fingerprint density at radius 3 is 1.83 bits per heavy atom. The van der Waals surface area contributed by atoms with Crippen LogP contribution in [0.25, 0.3) is 0 Å². The standard InChI is InChI=1S/C44H65O7P/c1-11-42(8,12-2)37(45)25-19-20-26-38(46)50-29-35-31(5)36(30-51-44(10,13-3)14-4)33(7)39(32(35)6)40(47)52(49,34-23-17-15-18-24-34)41(48)43(9)27-21-16-22-28-43/h15,17-18,23-24H,11-14,16,19-22,25-30H2,1-10H3. The van der Waals surface area contributed by atoms with Crippen LogP contribution in [0.2, 0.25) is 0 Å². The third-order valence-corrected chi connectivity index (χ3v) is 15.6. The fourth-order valence-corrected chi connectivity index (χ4v) is 10.4. The zero-order valence-electron chi connectivity index (χ0n) is 33.8. The van der Waals surface area contributed by atoms with Crippen molar-refractivity contribution in [2.24, 2.45) is 10.8 Å². The van der Waals surface area contributed by atoms with Gasteiger partial charge in [0.15, 0.2) is 0 Å². The van der Waals surface area contributed by atoms with E-state index in [1.807, 2.05) is 41.5 Å². The molecule has 7 nitrogen and oxygen atoms in total. The zero-order chi connectivity index (χ0) is 38.9. The van der Waals surface area contributed by atoms with E-state index in [-0.39, 0.29) is 47.7 Å². The summed E-state index contributed by atoms with van der Waals surface area (Å²) in [7, 11) is -4.32. The summed E-state index contributed by atoms with van der Waals surface area (Å²) >= 11 is 0. The van der Waals surface area contributed by atoms with Crippen LogP contribution in [0.15, 0.2) is 30.3 Å². The Bertz CT molecular complexity index is 1630. The number of hydrogen-bond donors (Lipinski definition) is 0. The molecule has 1 saturated carbocycles. The number of hydrogen-bond acceptors (Lipinski definition) is 7. The van der Waals surface area contributed by atoms with Gasteiger partial charge in [0.05, 0.1) is 12.2 Å². The lowest BCUT2D eigenvalue weighted by Crippen LogP contribution is -2.35. The molecule has 0 N–H and O–H groups in total. The number of carbonyl (C=O) groups is 4. The first-order chi connectivity index (χ1) is 24.5. The van der Waals surface area contributed by atoms with E-state index in [0.717, 1.165) is 56.1 Å². The molecule has 1 aliphatic carbocycles. The summed E-state index contributed by atoms with van der Waals surface area (Å²) in [5.74, 6) is -0.152. The number of ketones is 1. The van der Waals surface area contributed by atoms with Crippen LogP contribution in [0.1, 0.15) is 170 Å². The maximum Gasteiger partial charge on any atom is 0.306 e. The fraction of sp³-hybridized carbons (Fsp3) is 0.636. The Kier molecular flexibility index (Phi) is 15.4. The molecule has 3 rings (SSSR count). The van der Waals surface area contributed by atoms with Crippen LogP contribution in [0.5, 0.6) is 0 Å². The second-order valence-electron chi connectivity index (χ2n) is 15.9. The highest BCUT2D eigenvalue weighted by molar-refractivity contribution is 8.00. The van der Waals surface area contributed by atoms with Gasteiger partial charge in [-0.3, -0.25) is 19.2 Å². The van der Waals surface area contributed by atoms with Gasteiger partial charge in [0, 0.05) is 34.5 Å². The van der Waals surface area contributed by atoms with E-state index in [9.17, 15) is 14.4 Å². The Morgan fingerprint density at radius 1 is 0.750 bits per heavy atom. The third-order valence-electron chi connectivity index (χ3n) is 12.6. The molecule has 0 saturated heterocycles. The molecule has 1 aliphatic rings. The minimum Gasteiger partial charge on any atom is -0.461 e. The predicted octanol–water partition coefficient (Wildman–Crippen LogP) is 11.0. The van der Waals surface area contributed by atoms with Crippen molar-refractivity contribution in [3.8, 4) is 0 Å². The Hall–Kier alpha value is -2.89. The summed E-state index contributed by atoms with van der Waals surface area (Å²) in [6.45, 7) is 19.9. The smallest absolute Gasteiger partial charge is 0.306 e. The Morgan fingerprint density at radius 2 is 1.29 bits per heavy atom. The van der Waals surface area contributed by atoms with Crippen LogP contribution in [0.4, 0.5) is 0 Å². The molecule has 2 aromatic rings. The molecule has 1 unspecified atom stereocenters. The van der Waals surface area contributed by atoms with Crippen molar-refractivity contribution in [2.45, 2.75) is 172 Å². The molecule has 8 heteroatoms. The van der Waals surface area contributed by atoms with Crippen molar-refractivity contribution in [3.05, 3.63) is 63.7 Å². The monoisotopic (exact) mass is 736 g/mol. The zero-order valence-corrected chi connectivity index (χ0v) is 34.7. The maximum atomic E-state index is 15.5. The molecule has 0 spiro atoms. The summed E-state index contributed by atoms with van der Waals surface area (Å²) in [6.07, 6.45) is 8.85. The molecular weight excluding hydrogens is 671 g/mol. The van der Waals surface area contributed by atoms with Gasteiger partial charge in [0.1, 0.15) is 12.4 Å². The Labute approximate surface area is 313 Å². The van der Waals surface area contributed by atoms with Gasteiger partial charge in [-0.15, -0.1) is 0 Å². The normalized spacial score (nSPS) is 15.9. The number of esters is 1. The van der Waals surface area contributed by atoms with Crippen molar-refractivity contribution < 1.29 is 33.2 Å². The third kappa shape index (κ3) is 9.42. The Balaban J connectivity index is 2.05. The number of carbonyl (C=O) groups excluding carboxylic acids is 4. The molecule has 288 valence electrons. The minimum absolute atomic E-state index is 0.0765. The van der Waals surface area contributed by atoms with Gasteiger partial charge in [0.2, 0.25) is 18.2 Å². The van der Waals surface area contributed by atoms with Crippen LogP contribution in [-0.2, 0) is 41.6 Å². The van der Waals surface area contributed by atoms with Gasteiger partial charge < -0.3 is 14.0 Å². The van der Waals surface area contributed by atoms with Crippen LogP contribution in [-0.4, -0.2) is 28.4 Å². The number of ether oxygens (including phenoxy) is 2. The van der Waals surface area contributed by atoms with E-state index in [1.165, 1.54) is 0 Å². The second-order valence-corrected chi connectivity index (χ2v) is 18.4. The molecule has 0 heterocycles. The van der Waals surface area contributed by atoms with Gasteiger partial charge in [-0.25, -0.2) is 0 Å². The molecule has 0 aliphatic heterocycles. The summed E-state index contributed by atoms with van der Waals surface area (Å²) in [5, 5.41) is 0.253. The number of rotatable bonds is 20. The van der Waals surface area contributed by atoms with Gasteiger partial charge in [-0.2, -0.15) is 0 Å². The number of unbranched alkanes of at least 4 members (excludes halogenated alkanes) is 1. The van der Waals surface area contributed by atoms with Gasteiger partial charge in [-0.05, 0) is 107 Å². The average molecular weight is 737 g/mol. The van der Waals surface area contributed by atoms with Crippen molar-refractivity contribution in [3.63, 3.8) is 0 Å². The highest BCUT2D eigenvalue weighted by Crippen LogP contribution is 2.57. The average Bonchev–Trinajstić information content (AvgIpc) is 3.15. The summed E-state index contributed by atoms with van der Waals surface area (Å²) in [6, 6.07) is 8.52. The van der Waals surface area contributed by atoms with Crippen LogP contribution in [0.3, 0.4) is 0 Å². The number of benzene rings is 2. The van der Waals surface area contributed by atoms with Gasteiger partial charge in [-0.1, -0.05) is 91.1 Å². The molecular formula is C44H65O7P. The first kappa shape index (κ1) is 43.5. The van der Waals surface area contributed by atoms with Crippen LogP contribution < -0.4 is 5.30 Å². The lowest BCUT2D eigenvalue weighted by atomic mass is 9.77. The van der Waals surface area contributed by atoms with E-state index in [2.05, 4.69) is 20.8 Å². The topological polar surface area (TPSA) is 104 Å². The molecule has 0 amide bonds. The molecule has 1 fully saturated rings. The van der Waals surface area contributed by atoms with E-state index in [4.69, 9.17) is 9.47 Å². The van der Waals surface area contributed by atoms with E-state index >= 15 is 9.36 Å². The van der Waals surface area contributed by atoms with E-state index in [1.54, 1.807) is 37.3 Å². The summed E-state index contributed by atoms with van der Waals surface area (Å²) in [4.78, 5) is 55.5. The highest BCUT2D eigenvalue weighted by atomic mass is 31.2. The minimum atomic E-state index is -4.32. The van der Waals surface area contributed by atoms with Crippen LogP contribution >= 0.6 is 7.14 Å². The fourth-order valence-electron chi connectivity index (χ4n) is 7.56. The molecule has 2 aromatic carbocycles. The van der Waals surface area contributed by atoms with E-state index < -0.39 is 29.2 Å². The van der Waals surface area contributed by atoms with Gasteiger partial charge in [0.25, 0.3) is 0 Å². The molecule has 1 atom stereocenters. The second kappa shape index (κ2) is 18.4. The molecule has 0 bridgehead atoms. The first-order valence-electron chi connectivity index (χ1n) is 19.7. The first-order valence-corrected chi connectivity index (χ1v) is 21.4. The molecule has 0 radical (unpaired) electrons. The lowest BCUT2D eigenvalue weighted by Gasteiger charge is -2.35. The van der Waals surface area contributed by atoms with Crippen molar-refractivity contribution in [1.82, 2.24) is 0 Å². The summed E-state index contributed by atoms with van der Waals surface area (Å²) in [5.41, 5.74) is 1.01. The van der Waals surface area contributed by atoms with Gasteiger partial charge >= 0.3 is 5.97 Å². The van der Waals surface area contributed by atoms with Crippen molar-refractivity contribution in [2.75, 3.05) is 0 Å². The largest absolute Gasteiger partial charge is 0.461 e. The van der Waals surface area contributed by atoms with Crippen molar-refractivity contribution in [1.29, 1.82) is 0 Å². The molecule has 0 aromatic heterocycles. The maximum absolute atomic E-state index is 15.5. The quantitative estimate of drug-likeness (QED) is 0.0757. The van der Waals surface area contributed by atoms with E-state index in [0.29, 0.717) is 48.8 Å². The van der Waals surface area contributed by atoms with Crippen molar-refractivity contribution >= 4 is 35.2 Å². The SMILES string of the molecule is CCC(C)(CC)OCc1c(C)c(COC(=O)CCCCC(=O)C(C)(CC)CC)c(C)c(C(=O)P(=O)(C(=O)C2(C)CCCCC2)c2ccccc2)c1C. The predicted molar refractivity (Wildman–Crippen MR) is 211 cm³/mol. The highest BCUT2D eigenvalue weighted by Gasteiger charge is 2.51.